The van der Waals surface area contributed by atoms with E-state index in [1.807, 2.05) is 31.2 Å². The van der Waals surface area contributed by atoms with Crippen LogP contribution in [0, 0.1) is 6.92 Å². The van der Waals surface area contributed by atoms with Crippen LogP contribution in [0.1, 0.15) is 23.7 Å². The van der Waals surface area contributed by atoms with Crippen LogP contribution in [0.15, 0.2) is 60.7 Å². The van der Waals surface area contributed by atoms with Gasteiger partial charge in [-0.2, -0.15) is 0 Å². The highest BCUT2D eigenvalue weighted by Gasteiger charge is 2.24. The van der Waals surface area contributed by atoms with Crippen LogP contribution in [-0.2, 0) is 11.2 Å². The van der Waals surface area contributed by atoms with Crippen molar-refractivity contribution in [1.82, 2.24) is 14.9 Å². The van der Waals surface area contributed by atoms with Crippen molar-refractivity contribution in [3.63, 3.8) is 0 Å². The van der Waals surface area contributed by atoms with Crippen LogP contribution in [-0.4, -0.2) is 72.0 Å². The lowest BCUT2D eigenvalue weighted by molar-refractivity contribution is 0.0202. The molecule has 1 unspecified atom stereocenters. The van der Waals surface area contributed by atoms with Gasteiger partial charge < -0.3 is 14.7 Å². The van der Waals surface area contributed by atoms with Gasteiger partial charge in [0.2, 0.25) is 0 Å². The molecule has 6 nitrogen and oxygen atoms in total. The predicted molar refractivity (Wildman–Crippen MR) is 133 cm³/mol. The molecule has 2 heterocycles. The molecule has 0 spiro atoms. The Bertz CT molecular complexity index is 1010. The first kappa shape index (κ1) is 23.4. The summed E-state index contributed by atoms with van der Waals surface area (Å²) in [6.45, 7) is 9.22. The molecular weight excluding hydrogens is 412 g/mol. The molecule has 4 rings (SSSR count). The summed E-state index contributed by atoms with van der Waals surface area (Å²) in [4.78, 5) is 14.6. The quantitative estimate of drug-likeness (QED) is 0.542. The Kier molecular flexibility index (Phi) is 8.05. The number of aryl methyl sites for hydroxylation is 1. The van der Waals surface area contributed by atoms with E-state index in [1.165, 1.54) is 11.1 Å². The van der Waals surface area contributed by atoms with Crippen molar-refractivity contribution >= 4 is 5.82 Å². The molecule has 33 heavy (non-hydrogen) atoms. The van der Waals surface area contributed by atoms with Crippen LogP contribution < -0.4 is 4.90 Å². The maximum atomic E-state index is 10.2. The number of rotatable bonds is 9. The second-order valence-electron chi connectivity index (χ2n) is 8.56. The normalized spacial score (nSPS) is 15.5. The fourth-order valence-electron chi connectivity index (χ4n) is 4.31. The molecule has 0 aliphatic carbocycles. The number of nitrogens with zero attached hydrogens (tertiary/aromatic N) is 4. The molecule has 0 radical (unpaired) electrons. The average Bonchev–Trinajstić information content (AvgIpc) is 2.85. The number of ether oxygens (including phenoxy) is 1. The van der Waals surface area contributed by atoms with Crippen molar-refractivity contribution in [2.24, 2.45) is 0 Å². The van der Waals surface area contributed by atoms with E-state index in [4.69, 9.17) is 14.7 Å². The van der Waals surface area contributed by atoms with Gasteiger partial charge in [0.15, 0.2) is 5.82 Å². The van der Waals surface area contributed by atoms with Crippen molar-refractivity contribution in [2.75, 3.05) is 50.8 Å². The second kappa shape index (κ2) is 11.4. The van der Waals surface area contributed by atoms with Gasteiger partial charge in [0.1, 0.15) is 5.82 Å². The molecular formula is C27H34N4O2. The Morgan fingerprint density at radius 1 is 0.939 bits per heavy atom. The number of aliphatic hydroxyl groups excluding tert-OH is 1. The molecule has 2 aromatic carbocycles. The summed E-state index contributed by atoms with van der Waals surface area (Å²) < 4.78 is 5.36. The lowest BCUT2D eigenvalue weighted by Gasteiger charge is -2.37. The number of aliphatic hydroxyl groups is 1. The summed E-state index contributed by atoms with van der Waals surface area (Å²) in [5.41, 5.74) is 4.50. The fraction of sp³-hybridized carbons (Fsp3) is 0.407. The molecule has 1 saturated heterocycles. The number of hydrogen-bond acceptors (Lipinski definition) is 6. The highest BCUT2D eigenvalue weighted by atomic mass is 16.5. The third-order valence-electron chi connectivity index (χ3n) is 6.10. The van der Waals surface area contributed by atoms with Crippen molar-refractivity contribution in [3.05, 3.63) is 77.5 Å². The van der Waals surface area contributed by atoms with Crippen molar-refractivity contribution in [3.8, 4) is 11.4 Å². The van der Waals surface area contributed by atoms with E-state index in [0.29, 0.717) is 19.8 Å². The van der Waals surface area contributed by atoms with Gasteiger partial charge in [-0.1, -0.05) is 60.7 Å². The maximum Gasteiger partial charge on any atom is 0.161 e. The fourth-order valence-corrected chi connectivity index (χ4v) is 4.31. The molecule has 1 atom stereocenters. The van der Waals surface area contributed by atoms with E-state index in [-0.39, 0.29) is 0 Å². The van der Waals surface area contributed by atoms with E-state index >= 15 is 0 Å². The third-order valence-corrected chi connectivity index (χ3v) is 6.10. The number of anilines is 1. The van der Waals surface area contributed by atoms with Gasteiger partial charge in [0.05, 0.1) is 12.7 Å². The van der Waals surface area contributed by atoms with Gasteiger partial charge >= 0.3 is 0 Å². The third kappa shape index (κ3) is 6.16. The summed E-state index contributed by atoms with van der Waals surface area (Å²) in [6, 6.07) is 20.7. The largest absolute Gasteiger partial charge is 0.389 e. The number of β-amino-alcohol motifs (C(OH)–C–C–N with tert-alkyl or cyclic N) is 1. The molecule has 174 valence electrons. The first-order valence-corrected chi connectivity index (χ1v) is 11.8. The summed E-state index contributed by atoms with van der Waals surface area (Å²) in [5, 5.41) is 10.2. The molecule has 1 aliphatic heterocycles. The number of benzene rings is 2. The Labute approximate surface area is 196 Å². The van der Waals surface area contributed by atoms with Gasteiger partial charge in [-0.3, -0.25) is 4.90 Å². The topological polar surface area (TPSA) is 61.7 Å². The van der Waals surface area contributed by atoms with Crippen LogP contribution in [0.4, 0.5) is 5.82 Å². The molecule has 3 aromatic rings. The van der Waals surface area contributed by atoms with Crippen LogP contribution in [0.2, 0.25) is 0 Å². The smallest absolute Gasteiger partial charge is 0.161 e. The Morgan fingerprint density at radius 2 is 1.61 bits per heavy atom. The number of piperazine rings is 1. The van der Waals surface area contributed by atoms with Crippen molar-refractivity contribution in [1.29, 1.82) is 0 Å². The molecule has 1 aromatic heterocycles. The lowest BCUT2D eigenvalue weighted by Crippen LogP contribution is -2.49. The minimum absolute atomic E-state index is 0.392. The summed E-state index contributed by atoms with van der Waals surface area (Å²) in [5.74, 6) is 1.80. The summed E-state index contributed by atoms with van der Waals surface area (Å²) in [6.07, 6.45) is 0.362. The lowest BCUT2D eigenvalue weighted by atomic mass is 10.0. The highest BCUT2D eigenvalue weighted by molar-refractivity contribution is 5.61. The summed E-state index contributed by atoms with van der Waals surface area (Å²) in [7, 11) is 0. The molecule has 0 amide bonds. The van der Waals surface area contributed by atoms with Crippen molar-refractivity contribution < 1.29 is 9.84 Å². The van der Waals surface area contributed by atoms with Crippen LogP contribution in [0.5, 0.6) is 0 Å². The van der Waals surface area contributed by atoms with Crippen LogP contribution >= 0.6 is 0 Å². The minimum Gasteiger partial charge on any atom is -0.389 e. The van der Waals surface area contributed by atoms with Gasteiger partial charge in [0.25, 0.3) is 0 Å². The molecule has 0 saturated carbocycles. The zero-order chi connectivity index (χ0) is 23.0. The molecule has 1 aliphatic rings. The number of aromatic nitrogens is 2. The zero-order valence-corrected chi connectivity index (χ0v) is 19.7. The Balaban J connectivity index is 1.57. The minimum atomic E-state index is -0.448. The Morgan fingerprint density at radius 3 is 2.27 bits per heavy atom. The summed E-state index contributed by atoms with van der Waals surface area (Å²) >= 11 is 0. The van der Waals surface area contributed by atoms with E-state index in [0.717, 1.165) is 55.5 Å². The first-order chi connectivity index (χ1) is 16.1. The Hall–Kier alpha value is -2.80. The molecule has 0 bridgehead atoms. The average molecular weight is 447 g/mol. The van der Waals surface area contributed by atoms with Crippen molar-refractivity contribution in [2.45, 2.75) is 26.4 Å². The molecule has 1 fully saturated rings. The van der Waals surface area contributed by atoms with Gasteiger partial charge in [-0.05, 0) is 19.4 Å². The van der Waals surface area contributed by atoms with Crippen LogP contribution in [0.25, 0.3) is 11.4 Å². The van der Waals surface area contributed by atoms with E-state index in [9.17, 15) is 5.11 Å². The molecule has 1 N–H and O–H groups in total. The second-order valence-corrected chi connectivity index (χ2v) is 8.56. The van der Waals surface area contributed by atoms with E-state index in [1.54, 1.807) is 0 Å². The standard InChI is InChI=1S/C27H34N4O2/c1-3-33-20-24(32)19-30-14-16-31(17-15-30)27-25(18-22-10-6-4-7-11-22)21(2)28-26(29-27)23-12-8-5-9-13-23/h4-13,24,32H,3,14-20H2,1-2H3. The van der Waals surface area contributed by atoms with Gasteiger partial charge in [-0.15, -0.1) is 0 Å². The van der Waals surface area contributed by atoms with Crippen LogP contribution in [0.3, 0.4) is 0 Å². The van der Waals surface area contributed by atoms with Gasteiger partial charge in [0, 0.05) is 62.6 Å². The van der Waals surface area contributed by atoms with E-state index < -0.39 is 6.10 Å². The highest BCUT2D eigenvalue weighted by Crippen LogP contribution is 2.28. The zero-order valence-electron chi connectivity index (χ0n) is 19.7. The SMILES string of the molecule is CCOCC(O)CN1CCN(c2nc(-c3ccccc3)nc(C)c2Cc2ccccc2)CC1. The first-order valence-electron chi connectivity index (χ1n) is 11.8. The number of hydrogen-bond donors (Lipinski definition) is 1. The molecule has 6 heteroatoms. The maximum absolute atomic E-state index is 10.2. The van der Waals surface area contributed by atoms with E-state index in [2.05, 4.69) is 53.1 Å². The van der Waals surface area contributed by atoms with Gasteiger partial charge in [-0.25, -0.2) is 9.97 Å². The predicted octanol–water partition coefficient (Wildman–Crippen LogP) is 3.56. The monoisotopic (exact) mass is 446 g/mol.